The Morgan fingerprint density at radius 3 is 1.95 bits per heavy atom. The van der Waals surface area contributed by atoms with Crippen LogP contribution in [-0.4, -0.2) is 98.0 Å². The third kappa shape index (κ3) is 11.7. The first kappa shape index (κ1) is 47.7. The van der Waals surface area contributed by atoms with E-state index in [0.29, 0.717) is 17.6 Å². The molecule has 1 heterocycles. The first-order valence-corrected chi connectivity index (χ1v) is 19.4. The molecule has 2 aliphatic carbocycles. The zero-order valence-corrected chi connectivity index (χ0v) is 35.1. The van der Waals surface area contributed by atoms with Gasteiger partial charge in [0.05, 0.1) is 29.3 Å². The number of nitrogens with two attached hydrogens (primary N) is 1. The zero-order valence-electron chi connectivity index (χ0n) is 35.1. The second kappa shape index (κ2) is 19.0. The van der Waals surface area contributed by atoms with Gasteiger partial charge < -0.3 is 45.1 Å². The number of primary amides is 1. The second-order valence-corrected chi connectivity index (χ2v) is 17.3. The van der Waals surface area contributed by atoms with Crippen molar-refractivity contribution in [3.63, 3.8) is 0 Å². The predicted octanol–water partition coefficient (Wildman–Crippen LogP) is 5.48. The number of amides is 1. The number of aromatic carboxylic acids is 1. The minimum Gasteiger partial charge on any atom is -0.478 e. The number of ketones is 1. The van der Waals surface area contributed by atoms with E-state index in [9.17, 15) is 39.3 Å². The number of benzene rings is 2. The standard InChI is InChI=1S/C32H44O9.C7H6O2.C5H11NO2/c1-19-22(40-25(35)13-12-21-10-8-7-9-11-21)17-32(38)15-14-31(41-20(2)33)18-39-24(31)16-23(34)29(3,4)28(37)27(36)26(19)30(32,5)6;8-7(9)6-4-2-1-3-5-6;1-5(2,3)8-4(6)7/h7-11,22-24,27,34,36,38H,12-18H2,1-6H3;1-5H,(H,8,9);1-3H3,(H2,6,7)/t22-,23?,24+,27?,31-,32?;;/m0../s1. The van der Waals surface area contributed by atoms with Crippen molar-refractivity contribution >= 4 is 29.8 Å². The maximum atomic E-state index is 13.8. The van der Waals surface area contributed by atoms with E-state index >= 15 is 0 Å². The molecule has 3 aliphatic rings. The largest absolute Gasteiger partial charge is 0.478 e. The summed E-state index contributed by atoms with van der Waals surface area (Å²) in [5.74, 6) is -2.47. The minimum absolute atomic E-state index is 0.0141. The van der Waals surface area contributed by atoms with Crippen molar-refractivity contribution in [2.75, 3.05) is 6.61 Å². The van der Waals surface area contributed by atoms with Crippen molar-refractivity contribution in [3.05, 3.63) is 82.9 Å². The lowest BCUT2D eigenvalue weighted by atomic mass is 9.56. The second-order valence-electron chi connectivity index (χ2n) is 17.3. The van der Waals surface area contributed by atoms with Crippen LogP contribution in [0.5, 0.6) is 0 Å². The van der Waals surface area contributed by atoms with E-state index in [2.05, 4.69) is 4.74 Å². The van der Waals surface area contributed by atoms with Crippen LogP contribution in [0.3, 0.4) is 0 Å². The smallest absolute Gasteiger partial charge is 0.405 e. The van der Waals surface area contributed by atoms with E-state index in [0.717, 1.165) is 5.56 Å². The molecular weight excluding hydrogens is 750 g/mol. The van der Waals surface area contributed by atoms with Gasteiger partial charge >= 0.3 is 24.0 Å². The van der Waals surface area contributed by atoms with Gasteiger partial charge in [0.15, 0.2) is 11.4 Å². The van der Waals surface area contributed by atoms with Crippen molar-refractivity contribution in [2.45, 2.75) is 142 Å². The Morgan fingerprint density at radius 2 is 1.50 bits per heavy atom. The Kier molecular flexibility index (Phi) is 15.6. The van der Waals surface area contributed by atoms with Crippen LogP contribution in [-0.2, 0) is 39.8 Å². The topological polar surface area (TPSA) is 229 Å². The SMILES string of the molecule is CC(=O)O[C@]12CCC3(O)C[C@H](OC(=O)CCc4ccccc4)C(C)=C(C(O)C(=O)C(C)(C)C(O)C[C@H]1OC2)C3(C)C.CC(C)(C)OC(N)=O.O=C(O)c1ccccc1. The van der Waals surface area contributed by atoms with Gasteiger partial charge in [-0.15, -0.1) is 0 Å². The molecule has 14 heteroatoms. The van der Waals surface area contributed by atoms with Gasteiger partial charge in [-0.25, -0.2) is 9.59 Å². The molecular formula is C44H61NO13. The molecule has 2 aromatic rings. The lowest BCUT2D eigenvalue weighted by Gasteiger charge is -2.55. The highest BCUT2D eigenvalue weighted by Crippen LogP contribution is 2.54. The third-order valence-corrected chi connectivity index (χ3v) is 11.3. The van der Waals surface area contributed by atoms with E-state index in [1.54, 1.807) is 85.7 Å². The van der Waals surface area contributed by atoms with E-state index < -0.39 is 81.8 Å². The highest BCUT2D eigenvalue weighted by atomic mass is 16.6. The molecule has 0 radical (unpaired) electrons. The first-order valence-electron chi connectivity index (χ1n) is 19.4. The first-order chi connectivity index (χ1) is 26.8. The molecule has 1 saturated heterocycles. The number of ether oxygens (including phenoxy) is 4. The Hall–Kier alpha value is -4.63. The van der Waals surface area contributed by atoms with E-state index in [4.69, 9.17) is 25.1 Å². The molecule has 2 aromatic carbocycles. The van der Waals surface area contributed by atoms with Crippen LogP contribution in [0.1, 0.15) is 110 Å². The number of hydrogen-bond donors (Lipinski definition) is 5. The number of carbonyl (C=O) groups excluding carboxylic acids is 4. The highest BCUT2D eigenvalue weighted by molar-refractivity contribution is 5.92. The van der Waals surface area contributed by atoms with Crippen molar-refractivity contribution in [3.8, 4) is 0 Å². The molecule has 1 aliphatic heterocycles. The minimum atomic E-state index is -1.65. The molecule has 58 heavy (non-hydrogen) atoms. The number of fused-ring (bicyclic) bond motifs is 3. The van der Waals surface area contributed by atoms with Crippen LogP contribution in [0.25, 0.3) is 0 Å². The Morgan fingerprint density at radius 1 is 0.931 bits per heavy atom. The average Bonchev–Trinajstić information content (AvgIpc) is 3.12. The molecule has 14 nitrogen and oxygen atoms in total. The monoisotopic (exact) mass is 811 g/mol. The summed E-state index contributed by atoms with van der Waals surface area (Å²) in [5, 5.41) is 43.5. The van der Waals surface area contributed by atoms with Crippen LogP contribution in [0, 0.1) is 10.8 Å². The van der Waals surface area contributed by atoms with Gasteiger partial charge in [-0.3, -0.25) is 14.4 Å². The fraction of sp³-hybridized carbons (Fsp3) is 0.568. The van der Waals surface area contributed by atoms with Gasteiger partial charge in [-0.2, -0.15) is 0 Å². The maximum Gasteiger partial charge on any atom is 0.405 e. The summed E-state index contributed by atoms with van der Waals surface area (Å²) in [5.41, 5.74) is 1.21. The number of rotatable bonds is 6. The zero-order chi connectivity index (χ0) is 43.9. The number of hydrogen-bond acceptors (Lipinski definition) is 12. The van der Waals surface area contributed by atoms with Crippen LogP contribution >= 0.6 is 0 Å². The molecule has 320 valence electrons. The number of Topliss-reactive ketones (excluding diaryl/α,β-unsaturated/α-hetero) is 1. The molecule has 0 spiro atoms. The molecule has 1 amide bonds. The van der Waals surface area contributed by atoms with Gasteiger partial charge in [0.1, 0.15) is 23.9 Å². The average molecular weight is 812 g/mol. The fourth-order valence-corrected chi connectivity index (χ4v) is 7.62. The predicted molar refractivity (Wildman–Crippen MR) is 213 cm³/mol. The number of carbonyl (C=O) groups is 5. The quantitative estimate of drug-likeness (QED) is 0.139. The number of aliphatic hydroxyl groups is 3. The molecule has 1 saturated carbocycles. The van der Waals surface area contributed by atoms with Crippen LogP contribution < -0.4 is 5.73 Å². The van der Waals surface area contributed by atoms with E-state index in [1.807, 2.05) is 30.3 Å². The van der Waals surface area contributed by atoms with Gasteiger partial charge in [0, 0.05) is 31.6 Å². The summed E-state index contributed by atoms with van der Waals surface area (Å²) < 4.78 is 22.0. The molecule has 0 aromatic heterocycles. The summed E-state index contributed by atoms with van der Waals surface area (Å²) in [4.78, 5) is 59.2. The van der Waals surface area contributed by atoms with Crippen LogP contribution in [0.4, 0.5) is 4.79 Å². The number of aliphatic hydroxyl groups excluding tert-OH is 2. The highest BCUT2D eigenvalue weighted by Gasteiger charge is 2.60. The Bertz CT molecular complexity index is 1800. The van der Waals surface area contributed by atoms with E-state index in [1.165, 1.54) is 6.92 Å². The Labute approximate surface area is 340 Å². The van der Waals surface area contributed by atoms with Gasteiger partial charge in [0.2, 0.25) is 0 Å². The van der Waals surface area contributed by atoms with Crippen molar-refractivity contribution in [1.82, 2.24) is 0 Å². The van der Waals surface area contributed by atoms with Crippen molar-refractivity contribution < 1.29 is 63.3 Å². The number of esters is 2. The number of aryl methyl sites for hydroxylation is 1. The number of carboxylic acids is 1. The van der Waals surface area contributed by atoms with Gasteiger partial charge in [-0.05, 0) is 75.8 Å². The maximum absolute atomic E-state index is 13.8. The molecule has 2 fully saturated rings. The summed E-state index contributed by atoms with van der Waals surface area (Å²) in [6, 6.07) is 17.8. The lowest BCUT2D eigenvalue weighted by molar-refractivity contribution is -0.268. The fourth-order valence-electron chi connectivity index (χ4n) is 7.62. The molecule has 6 atom stereocenters. The van der Waals surface area contributed by atoms with Crippen LogP contribution in [0.2, 0.25) is 0 Å². The van der Waals surface area contributed by atoms with Crippen LogP contribution in [0.15, 0.2) is 71.8 Å². The molecule has 5 rings (SSSR count). The molecule has 6 N–H and O–H groups in total. The van der Waals surface area contributed by atoms with Crippen molar-refractivity contribution in [1.29, 1.82) is 0 Å². The van der Waals surface area contributed by atoms with Crippen molar-refractivity contribution in [2.24, 2.45) is 16.6 Å². The summed E-state index contributed by atoms with van der Waals surface area (Å²) in [6.45, 7) is 15.0. The lowest BCUT2D eigenvalue weighted by Crippen LogP contribution is -2.65. The summed E-state index contributed by atoms with van der Waals surface area (Å²) in [7, 11) is 0. The number of carboxylic acid groups (broad SMARTS) is 1. The van der Waals surface area contributed by atoms with E-state index in [-0.39, 0.29) is 44.3 Å². The third-order valence-electron chi connectivity index (χ3n) is 11.3. The normalized spacial score (nSPS) is 27.5. The Balaban J connectivity index is 0.000000437. The van der Waals surface area contributed by atoms with Gasteiger partial charge in [0.25, 0.3) is 0 Å². The molecule has 3 unspecified atom stereocenters. The summed E-state index contributed by atoms with van der Waals surface area (Å²) >= 11 is 0. The van der Waals surface area contributed by atoms with Gasteiger partial charge in [-0.1, -0.05) is 76.2 Å². The summed E-state index contributed by atoms with van der Waals surface area (Å²) in [6.07, 6.45) is -4.16. The molecule has 2 bridgehead atoms.